The Morgan fingerprint density at radius 1 is 1.09 bits per heavy atom. The molecule has 1 N–H and O–H groups in total. The van der Waals surface area contributed by atoms with Gasteiger partial charge >= 0.3 is 0 Å². The molecule has 0 saturated heterocycles. The molecule has 0 heterocycles. The Bertz CT molecular complexity index is 1120. The number of ether oxygens (including phenoxy) is 1. The van der Waals surface area contributed by atoms with Crippen LogP contribution in [-0.4, -0.2) is 57.1 Å². The van der Waals surface area contributed by atoms with Crippen LogP contribution in [0.15, 0.2) is 48.5 Å². The Labute approximate surface area is 212 Å². The van der Waals surface area contributed by atoms with Crippen molar-refractivity contribution in [2.45, 2.75) is 51.2 Å². The number of anilines is 1. The number of nitrogens with zero attached hydrogens (tertiary/aromatic N) is 2. The molecular weight excluding hydrogens is 490 g/mol. The second-order valence-corrected chi connectivity index (χ2v) is 11.1. The molecule has 2 amide bonds. The number of amides is 2. The number of hydrogen-bond donors (Lipinski definition) is 1. The smallest absolute Gasteiger partial charge is 0.244 e. The Morgan fingerprint density at radius 2 is 1.69 bits per heavy atom. The maximum absolute atomic E-state index is 13.5. The van der Waals surface area contributed by atoms with Gasteiger partial charge < -0.3 is 15.0 Å². The summed E-state index contributed by atoms with van der Waals surface area (Å²) in [5, 5.41) is 3.59. The van der Waals surface area contributed by atoms with Gasteiger partial charge in [0.15, 0.2) is 0 Å². The van der Waals surface area contributed by atoms with Gasteiger partial charge in [-0.3, -0.25) is 13.9 Å². The lowest BCUT2D eigenvalue weighted by molar-refractivity contribution is -0.139. The molecule has 1 atom stereocenters. The first-order valence-electron chi connectivity index (χ1n) is 11.5. The number of sulfonamides is 1. The van der Waals surface area contributed by atoms with Crippen molar-refractivity contribution in [3.8, 4) is 5.75 Å². The highest BCUT2D eigenvalue weighted by Gasteiger charge is 2.31. The van der Waals surface area contributed by atoms with Crippen LogP contribution in [0.4, 0.5) is 5.69 Å². The predicted octanol–water partition coefficient (Wildman–Crippen LogP) is 3.59. The van der Waals surface area contributed by atoms with Crippen molar-refractivity contribution in [1.82, 2.24) is 10.2 Å². The summed E-state index contributed by atoms with van der Waals surface area (Å²) in [5.41, 5.74) is 1.11. The number of carbonyl (C=O) groups excluding carboxylic acids is 2. The zero-order valence-electron chi connectivity index (χ0n) is 20.2. The van der Waals surface area contributed by atoms with E-state index in [4.69, 9.17) is 16.3 Å². The number of nitrogens with one attached hydrogen (secondary N) is 1. The maximum Gasteiger partial charge on any atom is 0.244 e. The second kappa shape index (κ2) is 11.8. The Hall–Kier alpha value is -2.78. The molecule has 190 valence electrons. The van der Waals surface area contributed by atoms with Gasteiger partial charge in [0.1, 0.15) is 18.3 Å². The summed E-state index contributed by atoms with van der Waals surface area (Å²) in [6.07, 6.45) is 5.02. The van der Waals surface area contributed by atoms with Crippen molar-refractivity contribution in [3.05, 3.63) is 59.1 Å². The SMILES string of the molecule is COc1ccc(N(CC(=O)N(Cc2ccc(Cl)cc2)[C@@H](C)C(=O)NC2CCCC2)S(C)(=O)=O)cc1. The van der Waals surface area contributed by atoms with Gasteiger partial charge in [-0.25, -0.2) is 8.42 Å². The third-order valence-corrected chi connectivity index (χ3v) is 7.57. The first kappa shape index (κ1) is 26.8. The van der Waals surface area contributed by atoms with Crippen LogP contribution in [0, 0.1) is 0 Å². The average Bonchev–Trinajstić information content (AvgIpc) is 3.34. The molecule has 0 aromatic heterocycles. The standard InChI is InChI=1S/C25H32ClN3O5S/c1-18(25(31)27-21-6-4-5-7-21)28(16-19-8-10-20(26)11-9-19)24(30)17-29(35(3,32)33)22-12-14-23(34-2)15-13-22/h8-15,18,21H,4-7,16-17H2,1-3H3,(H,27,31)/t18-/m0/s1. The summed E-state index contributed by atoms with van der Waals surface area (Å²) in [7, 11) is -2.27. The van der Waals surface area contributed by atoms with E-state index in [1.807, 2.05) is 0 Å². The van der Waals surface area contributed by atoms with Crippen LogP contribution in [0.1, 0.15) is 38.2 Å². The van der Waals surface area contributed by atoms with Crippen LogP contribution in [0.5, 0.6) is 5.75 Å². The third-order valence-electron chi connectivity index (χ3n) is 6.17. The van der Waals surface area contributed by atoms with Crippen LogP contribution >= 0.6 is 11.6 Å². The van der Waals surface area contributed by atoms with Gasteiger partial charge in [-0.15, -0.1) is 0 Å². The minimum absolute atomic E-state index is 0.101. The topological polar surface area (TPSA) is 96.0 Å². The molecule has 0 bridgehead atoms. The van der Waals surface area contributed by atoms with Crippen molar-refractivity contribution >= 4 is 39.1 Å². The molecule has 3 rings (SSSR count). The summed E-state index contributed by atoms with van der Waals surface area (Å²) in [4.78, 5) is 28.0. The number of rotatable bonds is 10. The quantitative estimate of drug-likeness (QED) is 0.515. The van der Waals surface area contributed by atoms with E-state index in [1.54, 1.807) is 55.5 Å². The Balaban J connectivity index is 1.86. The van der Waals surface area contributed by atoms with Gasteiger partial charge in [-0.2, -0.15) is 0 Å². The van der Waals surface area contributed by atoms with Crippen molar-refractivity contribution in [3.63, 3.8) is 0 Å². The van der Waals surface area contributed by atoms with Gasteiger partial charge in [-0.05, 0) is 61.7 Å². The second-order valence-electron chi connectivity index (χ2n) is 8.78. The van der Waals surface area contributed by atoms with Crippen LogP contribution in [0.2, 0.25) is 5.02 Å². The van der Waals surface area contributed by atoms with E-state index in [-0.39, 0.29) is 18.5 Å². The first-order valence-corrected chi connectivity index (χ1v) is 13.8. The fraction of sp³-hybridized carbons (Fsp3) is 0.440. The van der Waals surface area contributed by atoms with Gasteiger partial charge in [0.05, 0.1) is 19.1 Å². The summed E-state index contributed by atoms with van der Waals surface area (Å²) in [6.45, 7) is 1.35. The summed E-state index contributed by atoms with van der Waals surface area (Å²) in [5.74, 6) is -0.181. The molecule has 10 heteroatoms. The molecule has 2 aromatic rings. The van der Waals surface area contributed by atoms with Crippen LogP contribution in [0.25, 0.3) is 0 Å². The molecule has 1 aliphatic carbocycles. The minimum atomic E-state index is -3.78. The number of carbonyl (C=O) groups is 2. The molecule has 0 unspecified atom stereocenters. The van der Waals surface area contributed by atoms with E-state index in [2.05, 4.69) is 5.32 Å². The first-order chi connectivity index (χ1) is 16.6. The number of halogens is 1. The predicted molar refractivity (Wildman–Crippen MR) is 137 cm³/mol. The minimum Gasteiger partial charge on any atom is -0.497 e. The van der Waals surface area contributed by atoms with E-state index in [1.165, 1.54) is 12.0 Å². The molecule has 35 heavy (non-hydrogen) atoms. The Morgan fingerprint density at radius 3 is 2.23 bits per heavy atom. The van der Waals surface area contributed by atoms with Gasteiger partial charge in [-0.1, -0.05) is 36.6 Å². The number of hydrogen-bond acceptors (Lipinski definition) is 5. The van der Waals surface area contributed by atoms with Crippen molar-refractivity contribution in [1.29, 1.82) is 0 Å². The summed E-state index contributed by atoms with van der Waals surface area (Å²) < 4.78 is 31.4. The van der Waals surface area contributed by atoms with Crippen molar-refractivity contribution in [2.75, 3.05) is 24.2 Å². The molecule has 0 radical (unpaired) electrons. The molecular formula is C25H32ClN3O5S. The summed E-state index contributed by atoms with van der Waals surface area (Å²) >= 11 is 6.00. The van der Waals surface area contributed by atoms with E-state index in [0.29, 0.717) is 16.5 Å². The van der Waals surface area contributed by atoms with Gasteiger partial charge in [0, 0.05) is 17.6 Å². The van der Waals surface area contributed by atoms with E-state index in [0.717, 1.165) is 41.8 Å². The zero-order valence-corrected chi connectivity index (χ0v) is 21.8. The largest absolute Gasteiger partial charge is 0.497 e. The van der Waals surface area contributed by atoms with Crippen LogP contribution in [-0.2, 0) is 26.2 Å². The molecule has 1 saturated carbocycles. The fourth-order valence-corrected chi connectivity index (χ4v) is 5.10. The molecule has 0 spiro atoms. The maximum atomic E-state index is 13.5. The third kappa shape index (κ3) is 7.35. The lowest BCUT2D eigenvalue weighted by Gasteiger charge is -2.32. The van der Waals surface area contributed by atoms with Crippen LogP contribution < -0.4 is 14.4 Å². The van der Waals surface area contributed by atoms with E-state index < -0.39 is 28.5 Å². The zero-order chi connectivity index (χ0) is 25.6. The van der Waals surface area contributed by atoms with Crippen LogP contribution in [0.3, 0.4) is 0 Å². The normalized spacial score (nSPS) is 14.9. The number of methoxy groups -OCH3 is 1. The highest BCUT2D eigenvalue weighted by molar-refractivity contribution is 7.92. The molecule has 1 aliphatic rings. The van der Waals surface area contributed by atoms with Gasteiger partial charge in [0.2, 0.25) is 21.8 Å². The fourth-order valence-electron chi connectivity index (χ4n) is 4.12. The lowest BCUT2D eigenvalue weighted by Crippen LogP contribution is -2.52. The molecule has 0 aliphatic heterocycles. The number of benzene rings is 2. The van der Waals surface area contributed by atoms with Crippen molar-refractivity contribution < 1.29 is 22.7 Å². The molecule has 1 fully saturated rings. The van der Waals surface area contributed by atoms with E-state index >= 15 is 0 Å². The average molecular weight is 522 g/mol. The van der Waals surface area contributed by atoms with Gasteiger partial charge in [0.25, 0.3) is 0 Å². The summed E-state index contributed by atoms with van der Waals surface area (Å²) in [6, 6.07) is 12.7. The molecule has 2 aromatic carbocycles. The Kier molecular flexibility index (Phi) is 9.02. The monoisotopic (exact) mass is 521 g/mol. The highest BCUT2D eigenvalue weighted by Crippen LogP contribution is 2.23. The molecule has 8 nitrogen and oxygen atoms in total. The van der Waals surface area contributed by atoms with E-state index in [9.17, 15) is 18.0 Å². The van der Waals surface area contributed by atoms with Crippen molar-refractivity contribution in [2.24, 2.45) is 0 Å². The lowest BCUT2D eigenvalue weighted by atomic mass is 10.1. The highest BCUT2D eigenvalue weighted by atomic mass is 35.5.